The minimum atomic E-state index is 0.0677. The van der Waals surface area contributed by atoms with Crippen LogP contribution in [0.3, 0.4) is 0 Å². The summed E-state index contributed by atoms with van der Waals surface area (Å²) in [6.45, 7) is 5.25. The molecule has 0 saturated carbocycles. The van der Waals surface area contributed by atoms with Crippen molar-refractivity contribution in [2.75, 3.05) is 60.9 Å². The van der Waals surface area contributed by atoms with Crippen LogP contribution in [0.5, 0.6) is 0 Å². The summed E-state index contributed by atoms with van der Waals surface area (Å²) in [5.74, 6) is 0.868. The van der Waals surface area contributed by atoms with E-state index in [9.17, 15) is 4.79 Å². The van der Waals surface area contributed by atoms with Gasteiger partial charge in [-0.25, -0.2) is 4.98 Å². The maximum Gasteiger partial charge on any atom is 0.242 e. The smallest absolute Gasteiger partial charge is 0.242 e. The highest BCUT2D eigenvalue weighted by Gasteiger charge is 2.23. The van der Waals surface area contributed by atoms with Crippen LogP contribution in [0.25, 0.3) is 16.9 Å². The van der Waals surface area contributed by atoms with E-state index in [1.807, 2.05) is 39.8 Å². The lowest BCUT2D eigenvalue weighted by atomic mass is 10.1. The van der Waals surface area contributed by atoms with Crippen molar-refractivity contribution in [1.82, 2.24) is 19.3 Å². The number of benzene rings is 2. The van der Waals surface area contributed by atoms with Crippen molar-refractivity contribution in [2.45, 2.75) is 12.8 Å². The Bertz CT molecular complexity index is 1390. The molecule has 4 heterocycles. The van der Waals surface area contributed by atoms with Crippen LogP contribution in [-0.4, -0.2) is 71.0 Å². The molecule has 6 rings (SSSR count). The van der Waals surface area contributed by atoms with Crippen molar-refractivity contribution in [3.8, 4) is 11.3 Å². The monoisotopic (exact) mass is 515 g/mol. The number of para-hydroxylation sites is 1. The molecule has 190 valence electrons. The second kappa shape index (κ2) is 10.3. The predicted molar refractivity (Wildman–Crippen MR) is 149 cm³/mol. The fourth-order valence-electron chi connectivity index (χ4n) is 5.26. The van der Waals surface area contributed by atoms with Crippen molar-refractivity contribution in [1.29, 1.82) is 0 Å². The SMILES string of the molecule is O=C(CNc1c(-c2ccc(N3CCCC3)cc2)nc2cnccn12)N1CCN(c2ccccc2Cl)CC1. The van der Waals surface area contributed by atoms with Crippen LogP contribution in [0, 0.1) is 0 Å². The molecule has 2 aliphatic heterocycles. The zero-order valence-corrected chi connectivity index (χ0v) is 21.4. The third-order valence-corrected chi connectivity index (χ3v) is 7.59. The molecule has 2 aliphatic rings. The minimum absolute atomic E-state index is 0.0677. The number of rotatable bonds is 6. The number of aromatic nitrogens is 3. The number of nitrogens with one attached hydrogen (secondary N) is 1. The Balaban J connectivity index is 1.16. The van der Waals surface area contributed by atoms with E-state index in [0.29, 0.717) is 13.1 Å². The lowest BCUT2D eigenvalue weighted by molar-refractivity contribution is -0.129. The molecular formula is C28H30ClN7O. The largest absolute Gasteiger partial charge is 0.372 e. The van der Waals surface area contributed by atoms with Gasteiger partial charge in [0.2, 0.25) is 5.91 Å². The van der Waals surface area contributed by atoms with E-state index in [1.165, 1.54) is 18.5 Å². The molecule has 1 amide bonds. The van der Waals surface area contributed by atoms with Gasteiger partial charge in [0.1, 0.15) is 11.5 Å². The lowest BCUT2D eigenvalue weighted by Gasteiger charge is -2.36. The second-order valence-electron chi connectivity index (χ2n) is 9.53. The molecule has 0 bridgehead atoms. The first-order valence-electron chi connectivity index (χ1n) is 12.9. The van der Waals surface area contributed by atoms with Crippen LogP contribution in [-0.2, 0) is 4.79 Å². The standard InChI is InChI=1S/C28H30ClN7O/c29-23-5-1-2-6-24(23)34-15-17-35(18-16-34)26(37)20-31-28-27(32-25-19-30-11-14-36(25)28)21-7-9-22(10-8-21)33-12-3-4-13-33/h1-2,5-11,14,19,31H,3-4,12-13,15-18,20H2. The molecule has 2 aromatic heterocycles. The second-order valence-corrected chi connectivity index (χ2v) is 9.93. The van der Waals surface area contributed by atoms with Gasteiger partial charge in [-0.2, -0.15) is 0 Å². The summed E-state index contributed by atoms with van der Waals surface area (Å²) in [5.41, 5.74) is 4.83. The molecule has 2 aromatic carbocycles. The molecule has 37 heavy (non-hydrogen) atoms. The Hall–Kier alpha value is -3.78. The molecule has 1 N–H and O–H groups in total. The molecule has 0 aliphatic carbocycles. The quantitative estimate of drug-likeness (QED) is 0.410. The Kier molecular flexibility index (Phi) is 6.57. The lowest BCUT2D eigenvalue weighted by Crippen LogP contribution is -2.50. The number of carbonyl (C=O) groups excluding carboxylic acids is 1. The van der Waals surface area contributed by atoms with Gasteiger partial charge in [-0.1, -0.05) is 35.9 Å². The topological polar surface area (TPSA) is 69.0 Å². The number of anilines is 3. The number of piperazine rings is 1. The molecule has 0 unspecified atom stereocenters. The van der Waals surface area contributed by atoms with Crippen molar-refractivity contribution >= 4 is 40.3 Å². The highest BCUT2D eigenvalue weighted by atomic mass is 35.5. The van der Waals surface area contributed by atoms with E-state index < -0.39 is 0 Å². The predicted octanol–water partition coefficient (Wildman–Crippen LogP) is 4.41. The molecule has 4 aromatic rings. The van der Waals surface area contributed by atoms with Crippen molar-refractivity contribution in [3.05, 3.63) is 72.1 Å². The molecule has 2 saturated heterocycles. The Morgan fingerprint density at radius 1 is 0.919 bits per heavy atom. The van der Waals surface area contributed by atoms with E-state index in [4.69, 9.17) is 16.6 Å². The van der Waals surface area contributed by atoms with Crippen LogP contribution < -0.4 is 15.1 Å². The number of imidazole rings is 1. The van der Waals surface area contributed by atoms with Gasteiger partial charge < -0.3 is 20.0 Å². The van der Waals surface area contributed by atoms with Crippen LogP contribution in [0.4, 0.5) is 17.2 Å². The third-order valence-electron chi connectivity index (χ3n) is 7.27. The first kappa shape index (κ1) is 23.6. The zero-order valence-electron chi connectivity index (χ0n) is 20.7. The molecule has 0 spiro atoms. The molecule has 0 radical (unpaired) electrons. The number of amides is 1. The first-order valence-corrected chi connectivity index (χ1v) is 13.2. The Labute approximate surface area is 221 Å². The molecular weight excluding hydrogens is 486 g/mol. The first-order chi connectivity index (χ1) is 18.2. The van der Waals surface area contributed by atoms with Gasteiger partial charge >= 0.3 is 0 Å². The van der Waals surface area contributed by atoms with Gasteiger partial charge in [-0.05, 0) is 37.1 Å². The van der Waals surface area contributed by atoms with Gasteiger partial charge in [-0.15, -0.1) is 0 Å². The molecule has 8 nitrogen and oxygen atoms in total. The summed E-state index contributed by atoms with van der Waals surface area (Å²) in [4.78, 5) is 28.8. The summed E-state index contributed by atoms with van der Waals surface area (Å²) < 4.78 is 1.96. The number of carbonyl (C=O) groups is 1. The number of hydrogen-bond acceptors (Lipinski definition) is 6. The van der Waals surface area contributed by atoms with E-state index in [2.05, 4.69) is 44.4 Å². The van der Waals surface area contributed by atoms with Crippen LogP contribution in [0.2, 0.25) is 5.02 Å². The molecule has 0 atom stereocenters. The number of fused-ring (bicyclic) bond motifs is 1. The average molecular weight is 516 g/mol. The fourth-order valence-corrected chi connectivity index (χ4v) is 5.51. The highest BCUT2D eigenvalue weighted by Crippen LogP contribution is 2.31. The van der Waals surface area contributed by atoms with Crippen molar-refractivity contribution < 1.29 is 4.79 Å². The normalized spacial score (nSPS) is 16.0. The fraction of sp³-hybridized carbons (Fsp3) is 0.321. The minimum Gasteiger partial charge on any atom is -0.372 e. The summed E-state index contributed by atoms with van der Waals surface area (Å²) in [6.07, 6.45) is 7.84. The molecule has 2 fully saturated rings. The van der Waals surface area contributed by atoms with Crippen LogP contribution in [0.15, 0.2) is 67.1 Å². The summed E-state index contributed by atoms with van der Waals surface area (Å²) in [7, 11) is 0. The van der Waals surface area contributed by atoms with Gasteiger partial charge in [-0.3, -0.25) is 14.2 Å². The number of hydrogen-bond donors (Lipinski definition) is 1. The third kappa shape index (κ3) is 4.81. The van der Waals surface area contributed by atoms with Gasteiger partial charge in [0.25, 0.3) is 0 Å². The van der Waals surface area contributed by atoms with Gasteiger partial charge in [0.05, 0.1) is 23.5 Å². The van der Waals surface area contributed by atoms with Gasteiger partial charge in [0.15, 0.2) is 5.65 Å². The maximum absolute atomic E-state index is 13.2. The van der Waals surface area contributed by atoms with Crippen LogP contribution >= 0.6 is 11.6 Å². The highest BCUT2D eigenvalue weighted by molar-refractivity contribution is 6.33. The number of halogens is 1. The maximum atomic E-state index is 13.2. The van der Waals surface area contributed by atoms with E-state index >= 15 is 0 Å². The molecule has 9 heteroatoms. The summed E-state index contributed by atoms with van der Waals surface area (Å²) in [6, 6.07) is 16.4. The van der Waals surface area contributed by atoms with Crippen molar-refractivity contribution in [3.63, 3.8) is 0 Å². The van der Waals surface area contributed by atoms with E-state index in [1.54, 1.807) is 12.4 Å². The summed E-state index contributed by atoms with van der Waals surface area (Å²) >= 11 is 6.37. The van der Waals surface area contributed by atoms with Gasteiger partial charge in [0, 0.05) is 62.9 Å². The number of nitrogens with zero attached hydrogens (tertiary/aromatic N) is 6. The Morgan fingerprint density at radius 3 is 2.43 bits per heavy atom. The zero-order chi connectivity index (χ0) is 25.2. The summed E-state index contributed by atoms with van der Waals surface area (Å²) in [5, 5.41) is 4.13. The van der Waals surface area contributed by atoms with Crippen molar-refractivity contribution in [2.24, 2.45) is 0 Å². The van der Waals surface area contributed by atoms with E-state index in [-0.39, 0.29) is 12.5 Å². The Morgan fingerprint density at radius 2 is 1.68 bits per heavy atom. The van der Waals surface area contributed by atoms with Crippen LogP contribution in [0.1, 0.15) is 12.8 Å². The average Bonchev–Trinajstić information content (AvgIpc) is 3.61. The van der Waals surface area contributed by atoms with E-state index in [0.717, 1.165) is 59.6 Å².